The smallest absolute Gasteiger partial charge is 0.0753 e. The topological polar surface area (TPSA) is 41.0 Å². The second-order valence-electron chi connectivity index (χ2n) is 4.54. The summed E-state index contributed by atoms with van der Waals surface area (Å²) >= 11 is 0. The highest BCUT2D eigenvalue weighted by molar-refractivity contribution is 5.00. The molecule has 1 aromatic rings. The fraction of sp³-hybridized carbons (Fsp3) is 0.692. The Morgan fingerprint density at radius 3 is 2.71 bits per heavy atom. The van der Waals surface area contributed by atoms with Crippen LogP contribution in [0, 0.1) is 0 Å². The fourth-order valence-electron chi connectivity index (χ4n) is 1.63. The number of aromatic nitrogens is 2. The van der Waals surface area contributed by atoms with E-state index in [-0.39, 0.29) is 6.04 Å². The number of nitrogens with one attached hydrogen (secondary N) is 1. The van der Waals surface area contributed by atoms with E-state index in [9.17, 15) is 0 Å². The molecule has 0 aliphatic carbocycles. The molecule has 0 aromatic carbocycles. The van der Waals surface area contributed by atoms with E-state index in [1.54, 1.807) is 12.4 Å². The van der Waals surface area contributed by atoms with Crippen molar-refractivity contribution in [2.75, 3.05) is 20.1 Å². The SMILES string of the molecule is CCC(C)N(C)CCNC(C)c1cnccn1. The van der Waals surface area contributed by atoms with E-state index >= 15 is 0 Å². The largest absolute Gasteiger partial charge is 0.308 e. The minimum atomic E-state index is 0.258. The van der Waals surface area contributed by atoms with Gasteiger partial charge in [-0.1, -0.05) is 6.92 Å². The second-order valence-corrected chi connectivity index (χ2v) is 4.54. The monoisotopic (exact) mass is 236 g/mol. The summed E-state index contributed by atoms with van der Waals surface area (Å²) in [4.78, 5) is 10.7. The molecular formula is C13H24N4. The summed E-state index contributed by atoms with van der Waals surface area (Å²) in [5.74, 6) is 0. The Morgan fingerprint density at radius 1 is 1.35 bits per heavy atom. The molecule has 0 aliphatic rings. The van der Waals surface area contributed by atoms with Gasteiger partial charge in [-0.15, -0.1) is 0 Å². The highest BCUT2D eigenvalue weighted by atomic mass is 15.1. The van der Waals surface area contributed by atoms with Crippen LogP contribution < -0.4 is 5.32 Å². The zero-order valence-electron chi connectivity index (χ0n) is 11.3. The molecule has 4 nitrogen and oxygen atoms in total. The summed E-state index contributed by atoms with van der Waals surface area (Å²) in [6.45, 7) is 8.62. The van der Waals surface area contributed by atoms with Gasteiger partial charge in [-0.05, 0) is 27.3 Å². The molecule has 1 N–H and O–H groups in total. The highest BCUT2D eigenvalue weighted by Gasteiger charge is 2.08. The van der Waals surface area contributed by atoms with E-state index in [1.165, 1.54) is 6.42 Å². The zero-order chi connectivity index (χ0) is 12.7. The van der Waals surface area contributed by atoms with Gasteiger partial charge in [-0.3, -0.25) is 9.97 Å². The Hall–Kier alpha value is -1.00. The molecule has 0 fully saturated rings. The lowest BCUT2D eigenvalue weighted by atomic mass is 10.2. The van der Waals surface area contributed by atoms with Gasteiger partial charge in [-0.2, -0.15) is 0 Å². The zero-order valence-corrected chi connectivity index (χ0v) is 11.3. The highest BCUT2D eigenvalue weighted by Crippen LogP contribution is 2.06. The Morgan fingerprint density at radius 2 is 2.12 bits per heavy atom. The van der Waals surface area contributed by atoms with E-state index < -0.39 is 0 Å². The lowest BCUT2D eigenvalue weighted by molar-refractivity contribution is 0.249. The molecular weight excluding hydrogens is 212 g/mol. The van der Waals surface area contributed by atoms with Crippen LogP contribution >= 0.6 is 0 Å². The molecule has 1 aromatic heterocycles. The molecule has 0 saturated heterocycles. The number of hydrogen-bond acceptors (Lipinski definition) is 4. The van der Waals surface area contributed by atoms with Crippen molar-refractivity contribution in [1.29, 1.82) is 0 Å². The van der Waals surface area contributed by atoms with Gasteiger partial charge in [0.15, 0.2) is 0 Å². The predicted octanol–water partition coefficient (Wildman–Crippen LogP) is 1.86. The van der Waals surface area contributed by atoms with Crippen molar-refractivity contribution in [3.63, 3.8) is 0 Å². The number of hydrogen-bond donors (Lipinski definition) is 1. The van der Waals surface area contributed by atoms with Crippen molar-refractivity contribution in [2.45, 2.75) is 39.3 Å². The maximum atomic E-state index is 4.29. The molecule has 0 bridgehead atoms. The van der Waals surface area contributed by atoms with Crippen LogP contribution in [0.15, 0.2) is 18.6 Å². The lowest BCUT2D eigenvalue weighted by Crippen LogP contribution is -2.35. The van der Waals surface area contributed by atoms with Crippen LogP contribution in [0.5, 0.6) is 0 Å². The maximum Gasteiger partial charge on any atom is 0.0753 e. The first-order chi connectivity index (χ1) is 8.15. The summed E-state index contributed by atoms with van der Waals surface area (Å²) in [7, 11) is 2.17. The van der Waals surface area contributed by atoms with Crippen LogP contribution in [0.1, 0.15) is 38.9 Å². The average molecular weight is 236 g/mol. The third-order valence-electron chi connectivity index (χ3n) is 3.29. The minimum absolute atomic E-state index is 0.258. The molecule has 2 unspecified atom stereocenters. The molecule has 0 aliphatic heterocycles. The van der Waals surface area contributed by atoms with Gasteiger partial charge >= 0.3 is 0 Å². The van der Waals surface area contributed by atoms with Crippen molar-refractivity contribution < 1.29 is 0 Å². The molecule has 2 atom stereocenters. The number of likely N-dealkylation sites (N-methyl/N-ethyl adjacent to an activating group) is 1. The molecule has 0 radical (unpaired) electrons. The van der Waals surface area contributed by atoms with Crippen LogP contribution in [-0.4, -0.2) is 41.0 Å². The first-order valence-electron chi connectivity index (χ1n) is 6.34. The molecule has 0 saturated carbocycles. The molecule has 0 amide bonds. The summed E-state index contributed by atoms with van der Waals surface area (Å²) in [5, 5.41) is 3.46. The molecule has 0 spiro atoms. The summed E-state index contributed by atoms with van der Waals surface area (Å²) < 4.78 is 0. The second kappa shape index (κ2) is 7.35. The van der Waals surface area contributed by atoms with E-state index in [2.05, 4.69) is 48.0 Å². The third kappa shape index (κ3) is 4.79. The Balaban J connectivity index is 2.27. The maximum absolute atomic E-state index is 4.29. The van der Waals surface area contributed by atoms with Crippen LogP contribution in [0.2, 0.25) is 0 Å². The minimum Gasteiger partial charge on any atom is -0.308 e. The van der Waals surface area contributed by atoms with Crippen LogP contribution in [0.3, 0.4) is 0 Å². The quantitative estimate of drug-likeness (QED) is 0.784. The van der Waals surface area contributed by atoms with Crippen molar-refractivity contribution in [1.82, 2.24) is 20.2 Å². The molecule has 17 heavy (non-hydrogen) atoms. The van der Waals surface area contributed by atoms with Crippen molar-refractivity contribution in [3.8, 4) is 0 Å². The van der Waals surface area contributed by atoms with Crippen LogP contribution in [-0.2, 0) is 0 Å². The van der Waals surface area contributed by atoms with E-state index in [0.717, 1.165) is 18.8 Å². The summed E-state index contributed by atoms with van der Waals surface area (Å²) in [5.41, 5.74) is 0.999. The van der Waals surface area contributed by atoms with Gasteiger partial charge in [0, 0.05) is 43.8 Å². The van der Waals surface area contributed by atoms with Crippen LogP contribution in [0.4, 0.5) is 0 Å². The van der Waals surface area contributed by atoms with Gasteiger partial charge in [0.2, 0.25) is 0 Å². The fourth-order valence-corrected chi connectivity index (χ4v) is 1.63. The normalized spacial score (nSPS) is 14.9. The van der Waals surface area contributed by atoms with E-state index in [1.807, 2.05) is 6.20 Å². The van der Waals surface area contributed by atoms with Gasteiger partial charge < -0.3 is 10.2 Å². The molecule has 1 heterocycles. The summed E-state index contributed by atoms with van der Waals surface area (Å²) in [6, 6.07) is 0.901. The average Bonchev–Trinajstić information content (AvgIpc) is 2.38. The first kappa shape index (κ1) is 14.1. The standard InChI is InChI=1S/C13H24N4/c1-5-11(2)17(4)9-8-15-12(3)13-10-14-6-7-16-13/h6-7,10-12,15H,5,8-9H2,1-4H3. The number of rotatable bonds is 7. The Kier molecular flexibility index (Phi) is 6.08. The summed E-state index contributed by atoms with van der Waals surface area (Å²) in [6.07, 6.45) is 6.44. The third-order valence-corrected chi connectivity index (χ3v) is 3.29. The predicted molar refractivity (Wildman–Crippen MR) is 70.8 cm³/mol. The molecule has 96 valence electrons. The number of nitrogens with zero attached hydrogens (tertiary/aromatic N) is 3. The van der Waals surface area contributed by atoms with Gasteiger partial charge in [0.05, 0.1) is 5.69 Å². The van der Waals surface area contributed by atoms with Crippen molar-refractivity contribution >= 4 is 0 Å². The Bertz CT molecular complexity index is 302. The van der Waals surface area contributed by atoms with Crippen molar-refractivity contribution in [2.24, 2.45) is 0 Å². The van der Waals surface area contributed by atoms with Gasteiger partial charge in [-0.25, -0.2) is 0 Å². The molecule has 1 rings (SSSR count). The van der Waals surface area contributed by atoms with Gasteiger partial charge in [0.25, 0.3) is 0 Å². The lowest BCUT2D eigenvalue weighted by Gasteiger charge is -2.24. The van der Waals surface area contributed by atoms with E-state index in [4.69, 9.17) is 0 Å². The van der Waals surface area contributed by atoms with E-state index in [0.29, 0.717) is 6.04 Å². The van der Waals surface area contributed by atoms with Gasteiger partial charge in [0.1, 0.15) is 0 Å². The first-order valence-corrected chi connectivity index (χ1v) is 6.34. The Labute approximate surface area is 104 Å². The van der Waals surface area contributed by atoms with Crippen LogP contribution in [0.25, 0.3) is 0 Å². The van der Waals surface area contributed by atoms with Crippen molar-refractivity contribution in [3.05, 3.63) is 24.3 Å². The molecule has 4 heteroatoms.